The van der Waals surface area contributed by atoms with E-state index < -0.39 is 0 Å². The molecular formula is C13H21ClN4O. The number of β-amino-alcohol motifs (C(OH)–C–C–N with tert-alkyl or cyclic N) is 1. The van der Waals surface area contributed by atoms with Gasteiger partial charge < -0.3 is 14.9 Å². The molecule has 106 valence electrons. The van der Waals surface area contributed by atoms with Crippen LogP contribution in [0.4, 0.5) is 5.82 Å². The first kappa shape index (κ1) is 14.5. The molecule has 0 amide bonds. The highest BCUT2D eigenvalue weighted by Gasteiger charge is 2.33. The molecule has 0 spiro atoms. The molecule has 1 aromatic heterocycles. The standard InChI is InChI=1S/C13H21ClN4O/c1-8-9(2)13(16-15-12(8)14)18-7-11(19)5-10(18)6-17(3)4/h10-11,19H,5-7H2,1-4H3. The Labute approximate surface area is 119 Å². The normalized spacial score (nSPS) is 23.4. The lowest BCUT2D eigenvalue weighted by Gasteiger charge is -2.28. The van der Waals surface area contributed by atoms with Gasteiger partial charge in [0.25, 0.3) is 0 Å². The Balaban J connectivity index is 2.31. The smallest absolute Gasteiger partial charge is 0.155 e. The first-order chi connectivity index (χ1) is 8.90. The van der Waals surface area contributed by atoms with Gasteiger partial charge in [0.05, 0.1) is 6.10 Å². The molecule has 1 aromatic rings. The van der Waals surface area contributed by atoms with Crippen molar-refractivity contribution in [3.8, 4) is 0 Å². The SMILES string of the molecule is Cc1c(Cl)nnc(N2CC(O)CC2CN(C)C)c1C. The zero-order chi connectivity index (χ0) is 14.2. The third kappa shape index (κ3) is 2.99. The number of aromatic nitrogens is 2. The Morgan fingerprint density at radius 1 is 1.32 bits per heavy atom. The van der Waals surface area contributed by atoms with Crippen LogP contribution in [-0.4, -0.2) is 59.5 Å². The van der Waals surface area contributed by atoms with Crippen LogP contribution < -0.4 is 4.90 Å². The van der Waals surface area contributed by atoms with E-state index in [1.54, 1.807) is 0 Å². The van der Waals surface area contributed by atoms with Crippen molar-refractivity contribution in [3.63, 3.8) is 0 Å². The molecule has 1 fully saturated rings. The van der Waals surface area contributed by atoms with E-state index in [1.165, 1.54) is 0 Å². The minimum absolute atomic E-state index is 0.263. The van der Waals surface area contributed by atoms with Gasteiger partial charge in [0, 0.05) is 19.1 Å². The third-order valence-corrected chi connectivity index (χ3v) is 4.04. The number of anilines is 1. The van der Waals surface area contributed by atoms with Crippen LogP contribution >= 0.6 is 11.6 Å². The topological polar surface area (TPSA) is 52.5 Å². The highest BCUT2D eigenvalue weighted by molar-refractivity contribution is 6.30. The van der Waals surface area contributed by atoms with Crippen LogP contribution in [0.2, 0.25) is 5.15 Å². The molecule has 6 heteroatoms. The van der Waals surface area contributed by atoms with Gasteiger partial charge >= 0.3 is 0 Å². The number of hydrogen-bond acceptors (Lipinski definition) is 5. The largest absolute Gasteiger partial charge is 0.391 e. The van der Waals surface area contributed by atoms with Crippen LogP contribution in [0.1, 0.15) is 17.5 Å². The third-order valence-electron chi connectivity index (χ3n) is 3.68. The van der Waals surface area contributed by atoms with Crippen molar-refractivity contribution in [2.24, 2.45) is 0 Å². The van der Waals surface area contributed by atoms with E-state index in [4.69, 9.17) is 11.6 Å². The number of hydrogen-bond donors (Lipinski definition) is 1. The average molecular weight is 285 g/mol. The number of rotatable bonds is 3. The lowest BCUT2D eigenvalue weighted by atomic mass is 10.1. The molecule has 1 N–H and O–H groups in total. The highest BCUT2D eigenvalue weighted by Crippen LogP contribution is 2.29. The Hall–Kier alpha value is -0.910. The molecule has 1 aliphatic rings. The van der Waals surface area contributed by atoms with E-state index in [0.29, 0.717) is 11.7 Å². The number of halogens is 1. The van der Waals surface area contributed by atoms with Crippen LogP contribution in [0.25, 0.3) is 0 Å². The Morgan fingerprint density at radius 2 is 2.00 bits per heavy atom. The molecule has 0 aromatic carbocycles. The van der Waals surface area contributed by atoms with E-state index in [1.807, 2.05) is 27.9 Å². The number of nitrogens with zero attached hydrogens (tertiary/aromatic N) is 4. The van der Waals surface area contributed by atoms with Gasteiger partial charge in [-0.3, -0.25) is 0 Å². The maximum Gasteiger partial charge on any atom is 0.155 e. The van der Waals surface area contributed by atoms with E-state index in [2.05, 4.69) is 20.0 Å². The second-order valence-corrected chi connectivity index (χ2v) is 5.88. The zero-order valence-electron chi connectivity index (χ0n) is 11.9. The van der Waals surface area contributed by atoms with Gasteiger partial charge in [-0.05, 0) is 45.5 Å². The Bertz CT molecular complexity index is 466. The molecule has 0 aliphatic carbocycles. The van der Waals surface area contributed by atoms with Crippen molar-refractivity contribution in [3.05, 3.63) is 16.3 Å². The number of likely N-dealkylation sites (N-methyl/N-ethyl adjacent to an activating group) is 1. The fourth-order valence-corrected chi connectivity index (χ4v) is 2.76. The fourth-order valence-electron chi connectivity index (χ4n) is 2.58. The molecule has 2 heterocycles. The van der Waals surface area contributed by atoms with E-state index in [9.17, 15) is 5.11 Å². The molecule has 1 aliphatic heterocycles. The summed E-state index contributed by atoms with van der Waals surface area (Å²) >= 11 is 5.99. The van der Waals surface area contributed by atoms with Gasteiger partial charge in [-0.2, -0.15) is 0 Å². The molecule has 1 saturated heterocycles. The first-order valence-electron chi connectivity index (χ1n) is 6.49. The molecule has 19 heavy (non-hydrogen) atoms. The van der Waals surface area contributed by atoms with Crippen molar-refractivity contribution in [1.82, 2.24) is 15.1 Å². The Morgan fingerprint density at radius 3 is 2.63 bits per heavy atom. The molecule has 0 bridgehead atoms. The minimum Gasteiger partial charge on any atom is -0.391 e. The van der Waals surface area contributed by atoms with Crippen LogP contribution in [0.5, 0.6) is 0 Å². The van der Waals surface area contributed by atoms with Gasteiger partial charge in [-0.1, -0.05) is 11.6 Å². The summed E-state index contributed by atoms with van der Waals surface area (Å²) in [6.45, 7) is 5.45. The quantitative estimate of drug-likeness (QED) is 0.905. The van der Waals surface area contributed by atoms with E-state index >= 15 is 0 Å². The maximum atomic E-state index is 9.92. The van der Waals surface area contributed by atoms with Gasteiger partial charge in [0.1, 0.15) is 0 Å². The molecule has 0 radical (unpaired) electrons. The second-order valence-electron chi connectivity index (χ2n) is 5.52. The van der Waals surface area contributed by atoms with Crippen LogP contribution in [0.3, 0.4) is 0 Å². The van der Waals surface area contributed by atoms with Crippen molar-refractivity contribution in [2.45, 2.75) is 32.4 Å². The highest BCUT2D eigenvalue weighted by atomic mass is 35.5. The van der Waals surface area contributed by atoms with Crippen LogP contribution in [-0.2, 0) is 0 Å². The lowest BCUT2D eigenvalue weighted by Crippen LogP contribution is -2.38. The van der Waals surface area contributed by atoms with E-state index in [0.717, 1.165) is 29.9 Å². The van der Waals surface area contributed by atoms with Crippen molar-refractivity contribution >= 4 is 17.4 Å². The average Bonchev–Trinajstić information content (AvgIpc) is 2.66. The number of aliphatic hydroxyl groups is 1. The summed E-state index contributed by atoms with van der Waals surface area (Å²) in [7, 11) is 4.07. The van der Waals surface area contributed by atoms with Crippen molar-refractivity contribution in [1.29, 1.82) is 0 Å². The maximum absolute atomic E-state index is 9.92. The summed E-state index contributed by atoms with van der Waals surface area (Å²) in [6.07, 6.45) is 0.461. The van der Waals surface area contributed by atoms with Crippen molar-refractivity contribution in [2.75, 3.05) is 32.1 Å². The van der Waals surface area contributed by atoms with Gasteiger partial charge in [0.15, 0.2) is 11.0 Å². The lowest BCUT2D eigenvalue weighted by molar-refractivity contribution is 0.191. The van der Waals surface area contributed by atoms with Gasteiger partial charge in [0.2, 0.25) is 0 Å². The molecular weight excluding hydrogens is 264 g/mol. The molecule has 2 rings (SSSR count). The summed E-state index contributed by atoms with van der Waals surface area (Å²) in [4.78, 5) is 4.28. The molecule has 5 nitrogen and oxygen atoms in total. The molecule has 2 atom stereocenters. The summed E-state index contributed by atoms with van der Waals surface area (Å²) in [5.74, 6) is 0.838. The first-order valence-corrected chi connectivity index (χ1v) is 6.86. The predicted molar refractivity (Wildman–Crippen MR) is 76.8 cm³/mol. The fraction of sp³-hybridized carbons (Fsp3) is 0.692. The van der Waals surface area contributed by atoms with E-state index in [-0.39, 0.29) is 12.1 Å². The Kier molecular flexibility index (Phi) is 4.28. The number of aliphatic hydroxyl groups excluding tert-OH is 1. The minimum atomic E-state index is -0.304. The summed E-state index contributed by atoms with van der Waals surface area (Å²) in [5, 5.41) is 18.6. The monoisotopic (exact) mass is 284 g/mol. The zero-order valence-corrected chi connectivity index (χ0v) is 12.6. The summed E-state index contributed by atoms with van der Waals surface area (Å²) < 4.78 is 0. The molecule has 2 unspecified atom stereocenters. The molecule has 0 saturated carbocycles. The predicted octanol–water partition coefficient (Wildman–Crippen LogP) is 1.25. The van der Waals surface area contributed by atoms with Gasteiger partial charge in [-0.25, -0.2) is 0 Å². The summed E-state index contributed by atoms with van der Waals surface area (Å²) in [6, 6.07) is 0.263. The van der Waals surface area contributed by atoms with Crippen LogP contribution in [0.15, 0.2) is 0 Å². The van der Waals surface area contributed by atoms with Crippen molar-refractivity contribution < 1.29 is 5.11 Å². The summed E-state index contributed by atoms with van der Waals surface area (Å²) in [5.41, 5.74) is 1.99. The van der Waals surface area contributed by atoms with Gasteiger partial charge in [-0.15, -0.1) is 10.2 Å². The second kappa shape index (κ2) is 5.61. The van der Waals surface area contributed by atoms with Crippen LogP contribution in [0, 0.1) is 13.8 Å².